The lowest BCUT2D eigenvalue weighted by atomic mass is 10.0. The monoisotopic (exact) mass is 490 g/mol. The van der Waals surface area contributed by atoms with Crippen molar-refractivity contribution in [1.82, 2.24) is 19.9 Å². The molecule has 10 heteroatoms. The van der Waals surface area contributed by atoms with E-state index in [0.717, 1.165) is 11.6 Å². The van der Waals surface area contributed by atoms with E-state index in [-0.39, 0.29) is 28.6 Å². The van der Waals surface area contributed by atoms with E-state index in [9.17, 15) is 29.0 Å². The van der Waals surface area contributed by atoms with Gasteiger partial charge in [0.1, 0.15) is 0 Å². The molecule has 4 aromatic rings. The molecule has 2 unspecified atom stereocenters. The molecule has 1 aromatic carbocycles. The van der Waals surface area contributed by atoms with Crippen molar-refractivity contribution in [3.05, 3.63) is 88.5 Å². The van der Waals surface area contributed by atoms with E-state index in [1.54, 1.807) is 0 Å². The van der Waals surface area contributed by atoms with E-state index in [0.29, 0.717) is 0 Å². The van der Waals surface area contributed by atoms with Crippen LogP contribution in [0.25, 0.3) is 22.0 Å². The summed E-state index contributed by atoms with van der Waals surface area (Å²) in [6.07, 6.45) is 2.69. The molecule has 4 rings (SSSR count). The number of nitrogens with zero attached hydrogens (tertiary/aromatic N) is 3. The topological polar surface area (TPSA) is 134 Å². The summed E-state index contributed by atoms with van der Waals surface area (Å²) in [4.78, 5) is 45.6. The number of amides is 1. The minimum atomic E-state index is -1.11. The zero-order valence-corrected chi connectivity index (χ0v) is 19.5. The van der Waals surface area contributed by atoms with Crippen LogP contribution in [0.3, 0.4) is 0 Å². The van der Waals surface area contributed by atoms with Gasteiger partial charge < -0.3 is 20.1 Å². The molecule has 0 aliphatic rings. The Morgan fingerprint density at radius 1 is 1.14 bits per heavy atom. The fraction of sp³-hybridized carbons (Fsp3) is 0.192. The Balaban J connectivity index is 1.90. The Labute approximate surface area is 204 Å². The Kier molecular flexibility index (Phi) is 6.77. The summed E-state index contributed by atoms with van der Waals surface area (Å²) in [6.45, 7) is 3.19. The highest BCUT2D eigenvalue weighted by molar-refractivity contribution is 6.06. The van der Waals surface area contributed by atoms with Gasteiger partial charge in [0.05, 0.1) is 23.5 Å². The molecule has 184 valence electrons. The number of aliphatic carboxylic acids is 1. The molecule has 0 aliphatic heterocycles. The molecule has 3 N–H and O–H groups in total. The molecule has 2 atom stereocenters. The van der Waals surface area contributed by atoms with Gasteiger partial charge in [-0.25, -0.2) is 9.97 Å². The van der Waals surface area contributed by atoms with E-state index in [2.05, 4.69) is 15.3 Å². The molecule has 0 fully saturated rings. The maximum Gasteiger partial charge on any atom is 0.308 e. The van der Waals surface area contributed by atoms with Gasteiger partial charge >= 0.3 is 5.97 Å². The van der Waals surface area contributed by atoms with Crippen LogP contribution >= 0.6 is 0 Å². The second-order valence-electron chi connectivity index (χ2n) is 8.44. The number of pyridine rings is 3. The summed E-state index contributed by atoms with van der Waals surface area (Å²) in [7, 11) is 0. The predicted molar refractivity (Wildman–Crippen MR) is 130 cm³/mol. The highest BCUT2D eigenvalue weighted by atomic mass is 19.1. The zero-order chi connectivity index (χ0) is 26.0. The molecule has 0 saturated heterocycles. The standard InChI is InChI=1S/C26H23FN4O5/c1-14(26(35)36)15(2)29-24(33)22-23(32)18-9-11-31(13-16-6-4-3-5-7-16)25(34)20(18)21(30-22)17-8-10-28-19(27)12-17/h3-12,14-15,32H,13H2,1-2H3,(H,29,33)(H,35,36). The van der Waals surface area contributed by atoms with Crippen LogP contribution in [-0.2, 0) is 11.3 Å². The van der Waals surface area contributed by atoms with Gasteiger partial charge in [-0.2, -0.15) is 4.39 Å². The SMILES string of the molecule is CC(NC(=O)c1nc(-c2ccnc(F)c2)c2c(=O)n(Cc3ccccc3)ccc2c1O)C(C)C(=O)O. The average Bonchev–Trinajstić information content (AvgIpc) is 2.86. The summed E-state index contributed by atoms with van der Waals surface area (Å²) >= 11 is 0. The quantitative estimate of drug-likeness (QED) is 0.339. The van der Waals surface area contributed by atoms with Crippen LogP contribution in [0, 0.1) is 11.9 Å². The van der Waals surface area contributed by atoms with E-state index in [4.69, 9.17) is 0 Å². The molecule has 0 saturated carbocycles. The van der Waals surface area contributed by atoms with Crippen LogP contribution in [0.5, 0.6) is 5.75 Å². The van der Waals surface area contributed by atoms with Gasteiger partial charge in [-0.15, -0.1) is 0 Å². The maximum absolute atomic E-state index is 14.0. The van der Waals surface area contributed by atoms with Crippen molar-refractivity contribution in [1.29, 1.82) is 0 Å². The smallest absolute Gasteiger partial charge is 0.308 e. The number of carbonyl (C=O) groups excluding carboxylic acids is 1. The molecule has 0 bridgehead atoms. The number of carboxylic acid groups (broad SMARTS) is 1. The number of aromatic nitrogens is 3. The van der Waals surface area contributed by atoms with E-state index in [1.165, 1.54) is 42.9 Å². The number of hydrogen-bond acceptors (Lipinski definition) is 6. The van der Waals surface area contributed by atoms with Crippen molar-refractivity contribution < 1.29 is 24.2 Å². The molecule has 0 aliphatic carbocycles. The number of carbonyl (C=O) groups is 2. The minimum Gasteiger partial charge on any atom is -0.505 e. The third kappa shape index (κ3) is 4.78. The van der Waals surface area contributed by atoms with Crippen LogP contribution in [0.15, 0.2) is 65.7 Å². The molecule has 0 radical (unpaired) electrons. The number of rotatable bonds is 7. The van der Waals surface area contributed by atoms with Crippen LogP contribution in [0.2, 0.25) is 0 Å². The molecule has 1 amide bonds. The van der Waals surface area contributed by atoms with Crippen LogP contribution < -0.4 is 10.9 Å². The van der Waals surface area contributed by atoms with Crippen LogP contribution in [-0.4, -0.2) is 42.7 Å². The van der Waals surface area contributed by atoms with Crippen molar-refractivity contribution >= 4 is 22.6 Å². The zero-order valence-electron chi connectivity index (χ0n) is 19.5. The van der Waals surface area contributed by atoms with Crippen molar-refractivity contribution in [3.63, 3.8) is 0 Å². The summed E-state index contributed by atoms with van der Waals surface area (Å²) in [5.74, 6) is -4.20. The molecular weight excluding hydrogens is 467 g/mol. The van der Waals surface area contributed by atoms with Gasteiger partial charge in [0.15, 0.2) is 11.4 Å². The first-order valence-corrected chi connectivity index (χ1v) is 11.1. The Hall–Kier alpha value is -4.60. The molecule has 0 spiro atoms. The Bertz CT molecular complexity index is 1520. The minimum absolute atomic E-state index is 0.0000311. The number of fused-ring (bicyclic) bond motifs is 1. The fourth-order valence-electron chi connectivity index (χ4n) is 3.78. The fourth-order valence-corrected chi connectivity index (χ4v) is 3.78. The maximum atomic E-state index is 14.0. The normalized spacial score (nSPS) is 12.8. The van der Waals surface area contributed by atoms with Crippen molar-refractivity contribution in [2.24, 2.45) is 5.92 Å². The molecular formula is C26H23FN4O5. The summed E-state index contributed by atoms with van der Waals surface area (Å²) < 4.78 is 15.4. The van der Waals surface area contributed by atoms with Gasteiger partial charge in [0, 0.05) is 35.5 Å². The van der Waals surface area contributed by atoms with Crippen LogP contribution in [0.4, 0.5) is 4.39 Å². The lowest BCUT2D eigenvalue weighted by Crippen LogP contribution is -2.40. The predicted octanol–water partition coefficient (Wildman–Crippen LogP) is 3.19. The summed E-state index contributed by atoms with van der Waals surface area (Å²) in [6, 6.07) is 12.5. The molecule has 36 heavy (non-hydrogen) atoms. The number of halogens is 1. The third-order valence-electron chi connectivity index (χ3n) is 6.01. The third-order valence-corrected chi connectivity index (χ3v) is 6.01. The number of benzene rings is 1. The van der Waals surface area contributed by atoms with Crippen molar-refractivity contribution in [2.45, 2.75) is 26.4 Å². The number of nitrogens with one attached hydrogen (secondary N) is 1. The highest BCUT2D eigenvalue weighted by Gasteiger charge is 2.26. The van der Waals surface area contributed by atoms with E-state index < -0.39 is 46.8 Å². The summed E-state index contributed by atoms with van der Waals surface area (Å²) in [5.41, 5.74) is 0.124. The lowest BCUT2D eigenvalue weighted by molar-refractivity contribution is -0.141. The van der Waals surface area contributed by atoms with Gasteiger partial charge in [0.2, 0.25) is 5.95 Å². The summed E-state index contributed by atoms with van der Waals surface area (Å²) in [5, 5.41) is 22.7. The first kappa shape index (κ1) is 24.5. The molecule has 9 nitrogen and oxygen atoms in total. The number of aromatic hydroxyl groups is 1. The van der Waals surface area contributed by atoms with Crippen molar-refractivity contribution in [3.8, 4) is 17.0 Å². The van der Waals surface area contributed by atoms with Gasteiger partial charge in [-0.05, 0) is 31.5 Å². The second kappa shape index (κ2) is 9.95. The Morgan fingerprint density at radius 2 is 1.86 bits per heavy atom. The number of hydrogen-bond donors (Lipinski definition) is 3. The average molecular weight is 490 g/mol. The second-order valence-corrected chi connectivity index (χ2v) is 8.44. The number of carboxylic acids is 1. The van der Waals surface area contributed by atoms with Crippen LogP contribution in [0.1, 0.15) is 29.9 Å². The van der Waals surface area contributed by atoms with E-state index >= 15 is 0 Å². The van der Waals surface area contributed by atoms with Crippen molar-refractivity contribution in [2.75, 3.05) is 0 Å². The Morgan fingerprint density at radius 3 is 2.53 bits per heavy atom. The lowest BCUT2D eigenvalue weighted by Gasteiger charge is -2.19. The first-order chi connectivity index (χ1) is 17.2. The van der Waals surface area contributed by atoms with Gasteiger partial charge in [-0.1, -0.05) is 30.3 Å². The van der Waals surface area contributed by atoms with Gasteiger partial charge in [0.25, 0.3) is 11.5 Å². The van der Waals surface area contributed by atoms with Gasteiger partial charge in [-0.3, -0.25) is 14.4 Å². The molecule has 3 aromatic heterocycles. The van der Waals surface area contributed by atoms with E-state index in [1.807, 2.05) is 30.3 Å². The first-order valence-electron chi connectivity index (χ1n) is 11.1. The highest BCUT2D eigenvalue weighted by Crippen LogP contribution is 2.33. The molecule has 3 heterocycles. The largest absolute Gasteiger partial charge is 0.505 e.